The van der Waals surface area contributed by atoms with Crippen LogP contribution in [0.3, 0.4) is 0 Å². The molecule has 0 unspecified atom stereocenters. The van der Waals surface area contributed by atoms with Gasteiger partial charge in [-0.25, -0.2) is 4.39 Å². The summed E-state index contributed by atoms with van der Waals surface area (Å²) in [5.74, 6) is 0.858. The van der Waals surface area contributed by atoms with Gasteiger partial charge in [-0.05, 0) is 24.3 Å². The van der Waals surface area contributed by atoms with E-state index in [1.54, 1.807) is 12.1 Å². The highest BCUT2D eigenvalue weighted by molar-refractivity contribution is 9.10. The molecule has 0 bridgehead atoms. The number of hydrogen-bond donors (Lipinski definition) is 1. The van der Waals surface area contributed by atoms with Gasteiger partial charge in [0.25, 0.3) is 0 Å². The van der Waals surface area contributed by atoms with Gasteiger partial charge in [0.2, 0.25) is 0 Å². The molecule has 4 rings (SSSR count). The first-order valence-electron chi connectivity index (χ1n) is 7.31. The van der Waals surface area contributed by atoms with E-state index in [4.69, 9.17) is 19.9 Å². The van der Waals surface area contributed by atoms with Gasteiger partial charge in [0.15, 0.2) is 11.6 Å². The van der Waals surface area contributed by atoms with Crippen LogP contribution in [0.1, 0.15) is 11.1 Å². The van der Waals surface area contributed by atoms with Crippen LogP contribution in [0, 0.1) is 5.82 Å². The highest BCUT2D eigenvalue weighted by atomic mass is 79.9. The lowest BCUT2D eigenvalue weighted by Gasteiger charge is -2.39. The molecule has 1 spiro atoms. The van der Waals surface area contributed by atoms with Crippen molar-refractivity contribution < 1.29 is 18.6 Å². The molecule has 0 aliphatic carbocycles. The van der Waals surface area contributed by atoms with Crippen molar-refractivity contribution >= 4 is 21.8 Å². The maximum absolute atomic E-state index is 14.6. The zero-order valence-corrected chi connectivity index (χ0v) is 14.4. The molecule has 2 aromatic carbocycles. The Bertz CT molecular complexity index is 871. The standard InChI is InChI=1S/C17H14BrFN2O3/c1-22-10-5-12-16(13(19)6-10)24-14-3-2-9(18)4-11(14)17(12)8-23-7-15(20)21-17/h2-6H,7-8H2,1H3,(H2,20,21)/t17-/m0/s1. The van der Waals surface area contributed by atoms with Gasteiger partial charge in [0.1, 0.15) is 29.5 Å². The van der Waals surface area contributed by atoms with Crippen LogP contribution in [-0.2, 0) is 10.3 Å². The number of nitrogens with two attached hydrogens (primary N) is 1. The molecule has 0 aromatic heterocycles. The van der Waals surface area contributed by atoms with E-state index in [0.29, 0.717) is 22.9 Å². The number of nitrogens with zero attached hydrogens (tertiary/aromatic N) is 1. The van der Waals surface area contributed by atoms with Crippen molar-refractivity contribution in [2.24, 2.45) is 10.7 Å². The van der Waals surface area contributed by atoms with Gasteiger partial charge in [0, 0.05) is 21.7 Å². The first kappa shape index (κ1) is 15.4. The van der Waals surface area contributed by atoms with Gasteiger partial charge in [-0.1, -0.05) is 15.9 Å². The predicted molar refractivity (Wildman–Crippen MR) is 90.4 cm³/mol. The van der Waals surface area contributed by atoms with E-state index in [1.807, 2.05) is 12.1 Å². The van der Waals surface area contributed by atoms with Gasteiger partial charge in [-0.2, -0.15) is 0 Å². The highest BCUT2D eigenvalue weighted by Crippen LogP contribution is 2.52. The largest absolute Gasteiger partial charge is 0.497 e. The summed E-state index contributed by atoms with van der Waals surface area (Å²) in [4.78, 5) is 4.66. The zero-order chi connectivity index (χ0) is 16.9. The molecular weight excluding hydrogens is 379 g/mol. The minimum Gasteiger partial charge on any atom is -0.497 e. The Kier molecular flexibility index (Phi) is 3.51. The second-order valence-electron chi connectivity index (χ2n) is 5.68. The summed E-state index contributed by atoms with van der Waals surface area (Å²) in [6.07, 6.45) is 0. The molecule has 2 N–H and O–H groups in total. The van der Waals surface area contributed by atoms with E-state index >= 15 is 0 Å². The molecule has 5 nitrogen and oxygen atoms in total. The van der Waals surface area contributed by atoms with Crippen molar-refractivity contribution in [2.75, 3.05) is 20.3 Å². The van der Waals surface area contributed by atoms with Gasteiger partial charge in [-0.15, -0.1) is 0 Å². The number of hydrogen-bond acceptors (Lipinski definition) is 5. The molecule has 2 aliphatic rings. The first-order valence-corrected chi connectivity index (χ1v) is 8.10. The summed E-state index contributed by atoms with van der Waals surface area (Å²) in [7, 11) is 1.48. The zero-order valence-electron chi connectivity index (χ0n) is 12.8. The fraction of sp³-hybridized carbons (Fsp3) is 0.235. The molecule has 1 atom stereocenters. The SMILES string of the molecule is COc1cc(F)c2c(c1)[C@]1(COCC(N)=N1)c1cc(Br)ccc1O2. The molecule has 7 heteroatoms. The van der Waals surface area contributed by atoms with Crippen LogP contribution >= 0.6 is 15.9 Å². The Morgan fingerprint density at radius 2 is 2.12 bits per heavy atom. The predicted octanol–water partition coefficient (Wildman–Crippen LogP) is 3.33. The summed E-state index contributed by atoms with van der Waals surface area (Å²) >= 11 is 3.46. The van der Waals surface area contributed by atoms with E-state index in [2.05, 4.69) is 20.9 Å². The van der Waals surface area contributed by atoms with Crippen molar-refractivity contribution in [3.63, 3.8) is 0 Å². The topological polar surface area (TPSA) is 66.1 Å². The summed E-state index contributed by atoms with van der Waals surface area (Å²) in [5, 5.41) is 0. The number of halogens is 2. The summed E-state index contributed by atoms with van der Waals surface area (Å²) < 4.78 is 32.1. The van der Waals surface area contributed by atoms with Gasteiger partial charge < -0.3 is 19.9 Å². The van der Waals surface area contributed by atoms with Crippen LogP contribution in [0.4, 0.5) is 4.39 Å². The van der Waals surface area contributed by atoms with Crippen molar-refractivity contribution in [1.82, 2.24) is 0 Å². The van der Waals surface area contributed by atoms with E-state index in [0.717, 1.165) is 10.0 Å². The second kappa shape index (κ2) is 5.46. The maximum atomic E-state index is 14.6. The fourth-order valence-corrected chi connectivity index (χ4v) is 3.52. The van der Waals surface area contributed by atoms with Crippen LogP contribution in [-0.4, -0.2) is 26.2 Å². The molecule has 0 saturated carbocycles. The van der Waals surface area contributed by atoms with Crippen LogP contribution in [0.15, 0.2) is 39.8 Å². The molecule has 0 fully saturated rings. The molecule has 0 radical (unpaired) electrons. The van der Waals surface area contributed by atoms with Crippen LogP contribution < -0.4 is 15.2 Å². The average molecular weight is 393 g/mol. The fourth-order valence-electron chi connectivity index (χ4n) is 3.16. The lowest BCUT2D eigenvalue weighted by Crippen LogP contribution is -2.42. The molecule has 124 valence electrons. The smallest absolute Gasteiger partial charge is 0.169 e. The van der Waals surface area contributed by atoms with Crippen molar-refractivity contribution in [2.45, 2.75) is 5.54 Å². The maximum Gasteiger partial charge on any atom is 0.169 e. The number of amidine groups is 1. The minimum absolute atomic E-state index is 0.118. The molecule has 2 aliphatic heterocycles. The molecule has 2 heterocycles. The van der Waals surface area contributed by atoms with E-state index in [9.17, 15) is 4.39 Å². The van der Waals surface area contributed by atoms with E-state index in [-0.39, 0.29) is 19.0 Å². The number of aliphatic imine (C=N–C) groups is 1. The Morgan fingerprint density at radius 3 is 2.88 bits per heavy atom. The number of fused-ring (bicyclic) bond motifs is 4. The third-order valence-corrected chi connectivity index (χ3v) is 4.69. The lowest BCUT2D eigenvalue weighted by atomic mass is 9.80. The monoisotopic (exact) mass is 392 g/mol. The minimum atomic E-state index is -0.968. The highest BCUT2D eigenvalue weighted by Gasteiger charge is 2.46. The molecule has 2 aromatic rings. The summed E-state index contributed by atoms with van der Waals surface area (Å²) in [6, 6.07) is 8.49. The van der Waals surface area contributed by atoms with Crippen molar-refractivity contribution in [3.05, 3.63) is 51.7 Å². The Morgan fingerprint density at radius 1 is 1.29 bits per heavy atom. The number of benzene rings is 2. The van der Waals surface area contributed by atoms with Gasteiger partial charge >= 0.3 is 0 Å². The molecule has 24 heavy (non-hydrogen) atoms. The third-order valence-electron chi connectivity index (χ3n) is 4.19. The molecule has 0 amide bonds. The first-order chi connectivity index (χ1) is 11.5. The number of methoxy groups -OCH3 is 1. The average Bonchev–Trinajstić information content (AvgIpc) is 2.56. The summed E-state index contributed by atoms with van der Waals surface area (Å²) in [5.41, 5.74) is 6.28. The van der Waals surface area contributed by atoms with E-state index in [1.165, 1.54) is 13.2 Å². The molecular formula is C17H14BrFN2O3. The van der Waals surface area contributed by atoms with Crippen molar-refractivity contribution in [1.29, 1.82) is 0 Å². The van der Waals surface area contributed by atoms with Gasteiger partial charge in [0.05, 0.1) is 13.7 Å². The van der Waals surface area contributed by atoms with Crippen molar-refractivity contribution in [3.8, 4) is 17.2 Å². The lowest BCUT2D eigenvalue weighted by molar-refractivity contribution is 0.109. The van der Waals surface area contributed by atoms with Crippen LogP contribution in [0.25, 0.3) is 0 Å². The normalized spacial score (nSPS) is 21.5. The van der Waals surface area contributed by atoms with Gasteiger partial charge in [-0.3, -0.25) is 4.99 Å². The van der Waals surface area contributed by atoms with E-state index < -0.39 is 11.4 Å². The number of ether oxygens (including phenoxy) is 3. The Hall–Kier alpha value is -2.12. The second-order valence-corrected chi connectivity index (χ2v) is 6.60. The third kappa shape index (κ3) is 2.19. The van der Waals surface area contributed by atoms with Crippen LogP contribution in [0.5, 0.6) is 17.2 Å². The summed E-state index contributed by atoms with van der Waals surface area (Å²) in [6.45, 7) is 0.480. The Balaban J connectivity index is 2.06. The number of rotatable bonds is 1. The Labute approximate surface area is 146 Å². The molecule has 0 saturated heterocycles. The quantitative estimate of drug-likeness (QED) is 0.807. The van der Waals surface area contributed by atoms with Crippen LogP contribution in [0.2, 0.25) is 0 Å².